The fraction of sp³-hybridized carbons (Fsp3) is 0.565. The Morgan fingerprint density at radius 3 is 2.32 bits per heavy atom. The number of nitrogens with two attached hydrogens (primary N) is 1. The van der Waals surface area contributed by atoms with E-state index in [1.54, 1.807) is 0 Å². The van der Waals surface area contributed by atoms with Gasteiger partial charge in [-0.05, 0) is 87.3 Å². The molecule has 1 aromatic carbocycles. The molecule has 2 nitrogen and oxygen atoms in total. The molecule has 0 bridgehead atoms. The number of nitrogens with one attached hydrogen (secondary N) is 1. The number of rotatable bonds is 6. The molecule has 0 aliphatic heterocycles. The van der Waals surface area contributed by atoms with Gasteiger partial charge in [0, 0.05) is 11.3 Å². The number of allylic oxidation sites excluding steroid dienone is 4. The first-order valence-electron chi connectivity index (χ1n) is 9.95. The van der Waals surface area contributed by atoms with E-state index >= 15 is 0 Å². The van der Waals surface area contributed by atoms with Gasteiger partial charge in [-0.3, -0.25) is 0 Å². The third kappa shape index (κ3) is 4.55. The van der Waals surface area contributed by atoms with Crippen molar-refractivity contribution in [3.8, 4) is 0 Å². The van der Waals surface area contributed by atoms with Crippen LogP contribution in [0.5, 0.6) is 0 Å². The van der Waals surface area contributed by atoms with Gasteiger partial charge in [0.2, 0.25) is 0 Å². The summed E-state index contributed by atoms with van der Waals surface area (Å²) in [6, 6.07) is 4.75. The molecule has 0 saturated heterocycles. The van der Waals surface area contributed by atoms with Crippen LogP contribution in [0.1, 0.15) is 83.4 Å². The first-order valence-corrected chi connectivity index (χ1v) is 9.95. The molecule has 25 heavy (non-hydrogen) atoms. The van der Waals surface area contributed by atoms with Gasteiger partial charge < -0.3 is 11.1 Å². The Morgan fingerprint density at radius 2 is 1.80 bits per heavy atom. The summed E-state index contributed by atoms with van der Waals surface area (Å²) in [6.45, 7) is 11.5. The van der Waals surface area contributed by atoms with Crippen molar-refractivity contribution >= 4 is 16.8 Å². The van der Waals surface area contributed by atoms with Crippen molar-refractivity contribution in [3.05, 3.63) is 40.5 Å². The smallest absolute Gasteiger partial charge is 0.0628 e. The van der Waals surface area contributed by atoms with Crippen molar-refractivity contribution in [1.82, 2.24) is 0 Å². The third-order valence-corrected chi connectivity index (χ3v) is 5.74. The molecular formula is C23H36N2. The molecule has 0 heterocycles. The van der Waals surface area contributed by atoms with Crippen LogP contribution in [0.25, 0.3) is 11.1 Å². The first kappa shape index (κ1) is 19.8. The molecule has 3 N–H and O–H groups in total. The summed E-state index contributed by atoms with van der Waals surface area (Å²) in [4.78, 5) is 0. The van der Waals surface area contributed by atoms with Crippen molar-refractivity contribution in [1.29, 1.82) is 0 Å². The summed E-state index contributed by atoms with van der Waals surface area (Å²) in [6.07, 6.45) is 10.1. The molecule has 2 heteroatoms. The zero-order chi connectivity index (χ0) is 18.4. The maximum absolute atomic E-state index is 5.86. The lowest BCUT2D eigenvalue weighted by Gasteiger charge is -2.27. The molecule has 0 amide bonds. The van der Waals surface area contributed by atoms with E-state index in [0.717, 1.165) is 6.42 Å². The Morgan fingerprint density at radius 1 is 1.12 bits per heavy atom. The Labute approximate surface area is 154 Å². The van der Waals surface area contributed by atoms with Crippen LogP contribution < -0.4 is 11.1 Å². The van der Waals surface area contributed by atoms with Crippen LogP contribution in [0.15, 0.2) is 23.8 Å². The minimum atomic E-state index is 0.466. The summed E-state index contributed by atoms with van der Waals surface area (Å²) in [5.74, 6) is 0.692. The molecule has 0 spiro atoms. The second-order valence-electron chi connectivity index (χ2n) is 7.49. The molecule has 0 aromatic heterocycles. The maximum atomic E-state index is 5.86. The van der Waals surface area contributed by atoms with Crippen LogP contribution in [0.3, 0.4) is 0 Å². The van der Waals surface area contributed by atoms with E-state index in [-0.39, 0.29) is 0 Å². The van der Waals surface area contributed by atoms with Crippen molar-refractivity contribution in [3.63, 3.8) is 0 Å². The number of benzene rings is 1. The van der Waals surface area contributed by atoms with Crippen LogP contribution >= 0.6 is 0 Å². The first-order chi connectivity index (χ1) is 12.0. The van der Waals surface area contributed by atoms with Crippen LogP contribution in [0.4, 0.5) is 5.69 Å². The van der Waals surface area contributed by atoms with Gasteiger partial charge in [0.1, 0.15) is 0 Å². The second-order valence-corrected chi connectivity index (χ2v) is 7.49. The molecule has 0 unspecified atom stereocenters. The van der Waals surface area contributed by atoms with Gasteiger partial charge >= 0.3 is 0 Å². The summed E-state index contributed by atoms with van der Waals surface area (Å²) in [5.41, 5.74) is 15.5. The third-order valence-electron chi connectivity index (χ3n) is 5.74. The Hall–Kier alpha value is -1.54. The normalized spacial score (nSPS) is 16.0. The average Bonchev–Trinajstić information content (AvgIpc) is 2.63. The van der Waals surface area contributed by atoms with Crippen molar-refractivity contribution in [2.24, 2.45) is 11.7 Å². The molecule has 1 aromatic rings. The average molecular weight is 341 g/mol. The lowest BCUT2D eigenvalue weighted by molar-refractivity contribution is 0.429. The molecule has 1 fully saturated rings. The minimum absolute atomic E-state index is 0.466. The molecule has 0 radical (unpaired) electrons. The SMILES string of the molecule is C/C=C(\c1cc(CC)c(C(C)=C(C)C)cc1NCN)C1CCCCC1. The molecule has 1 aliphatic rings. The van der Waals surface area contributed by atoms with E-state index in [0.29, 0.717) is 12.6 Å². The molecule has 138 valence electrons. The Balaban J connectivity index is 2.57. The van der Waals surface area contributed by atoms with E-state index < -0.39 is 0 Å². The van der Waals surface area contributed by atoms with Crippen molar-refractivity contribution in [2.75, 3.05) is 12.0 Å². The molecule has 1 aliphatic carbocycles. The van der Waals surface area contributed by atoms with Gasteiger partial charge in [0.15, 0.2) is 0 Å². The largest absolute Gasteiger partial charge is 0.372 e. The Kier molecular flexibility index (Phi) is 7.31. The summed E-state index contributed by atoms with van der Waals surface area (Å²) >= 11 is 0. The zero-order valence-corrected chi connectivity index (χ0v) is 16.8. The topological polar surface area (TPSA) is 38.0 Å². The van der Waals surface area contributed by atoms with Gasteiger partial charge in [-0.25, -0.2) is 0 Å². The highest BCUT2D eigenvalue weighted by Crippen LogP contribution is 2.40. The van der Waals surface area contributed by atoms with Crippen LogP contribution in [0, 0.1) is 5.92 Å². The van der Waals surface area contributed by atoms with Crippen LogP contribution in [-0.4, -0.2) is 6.67 Å². The number of anilines is 1. The van der Waals surface area contributed by atoms with Gasteiger partial charge in [0.05, 0.1) is 6.67 Å². The zero-order valence-electron chi connectivity index (χ0n) is 16.8. The molecule has 0 atom stereocenters. The predicted molar refractivity (Wildman–Crippen MR) is 113 cm³/mol. The molecular weight excluding hydrogens is 304 g/mol. The van der Waals surface area contributed by atoms with Crippen LogP contribution in [-0.2, 0) is 6.42 Å². The minimum Gasteiger partial charge on any atom is -0.372 e. The van der Waals surface area contributed by atoms with E-state index in [2.05, 4.69) is 58.1 Å². The van der Waals surface area contributed by atoms with Crippen molar-refractivity contribution < 1.29 is 0 Å². The highest BCUT2D eigenvalue weighted by Gasteiger charge is 2.22. The van der Waals surface area contributed by atoms with Crippen LogP contribution in [0.2, 0.25) is 0 Å². The quantitative estimate of drug-likeness (QED) is 0.590. The number of aryl methyl sites for hydroxylation is 1. The monoisotopic (exact) mass is 340 g/mol. The Bertz CT molecular complexity index is 642. The summed E-state index contributed by atoms with van der Waals surface area (Å²) in [5, 5.41) is 3.43. The van der Waals surface area contributed by atoms with E-state index in [4.69, 9.17) is 5.73 Å². The summed E-state index contributed by atoms with van der Waals surface area (Å²) in [7, 11) is 0. The van der Waals surface area contributed by atoms with Gasteiger partial charge in [0.25, 0.3) is 0 Å². The van der Waals surface area contributed by atoms with Gasteiger partial charge in [-0.15, -0.1) is 0 Å². The van der Waals surface area contributed by atoms with E-state index in [1.165, 1.54) is 71.2 Å². The lowest BCUT2D eigenvalue weighted by atomic mass is 9.79. The fourth-order valence-electron chi connectivity index (χ4n) is 4.08. The number of hydrogen-bond donors (Lipinski definition) is 2. The predicted octanol–water partition coefficient (Wildman–Crippen LogP) is 6.37. The maximum Gasteiger partial charge on any atom is 0.0628 e. The molecule has 1 saturated carbocycles. The highest BCUT2D eigenvalue weighted by molar-refractivity contribution is 5.82. The highest BCUT2D eigenvalue weighted by atomic mass is 15.0. The molecule has 2 rings (SSSR count). The standard InChI is InChI=1S/C23H36N2/c1-6-18-13-22(20(7-2)19-11-9-8-10-12-19)23(25-15-24)14-21(18)17(5)16(3)4/h7,13-14,19,25H,6,8-12,15,24H2,1-5H3/b20-7-. The van der Waals surface area contributed by atoms with Gasteiger partial charge in [-0.1, -0.05) is 37.8 Å². The van der Waals surface area contributed by atoms with Crippen molar-refractivity contribution in [2.45, 2.75) is 73.1 Å². The fourth-order valence-corrected chi connectivity index (χ4v) is 4.08. The lowest BCUT2D eigenvalue weighted by Crippen LogP contribution is -2.15. The number of hydrogen-bond acceptors (Lipinski definition) is 2. The second kappa shape index (κ2) is 9.24. The van der Waals surface area contributed by atoms with Gasteiger partial charge in [-0.2, -0.15) is 0 Å². The van der Waals surface area contributed by atoms with E-state index in [9.17, 15) is 0 Å². The van der Waals surface area contributed by atoms with E-state index in [1.807, 2.05) is 0 Å². The summed E-state index contributed by atoms with van der Waals surface area (Å²) < 4.78 is 0.